The van der Waals surface area contributed by atoms with Gasteiger partial charge in [-0.25, -0.2) is 18.6 Å². The van der Waals surface area contributed by atoms with Crippen LogP contribution in [-0.2, 0) is 16.0 Å². The summed E-state index contributed by atoms with van der Waals surface area (Å²) in [6.07, 6.45) is 0.574. The highest BCUT2D eigenvalue weighted by molar-refractivity contribution is 5.93. The number of nitrogens with one attached hydrogen (secondary N) is 1. The summed E-state index contributed by atoms with van der Waals surface area (Å²) in [4.78, 5) is 16.1. The van der Waals surface area contributed by atoms with E-state index < -0.39 is 18.0 Å². The Bertz CT molecular complexity index is 1340. The molecule has 5 rings (SSSR count). The van der Waals surface area contributed by atoms with Crippen LogP contribution in [0.15, 0.2) is 30.5 Å². The molecule has 1 fully saturated rings. The van der Waals surface area contributed by atoms with Gasteiger partial charge in [-0.15, -0.1) is 0 Å². The van der Waals surface area contributed by atoms with Gasteiger partial charge < -0.3 is 19.1 Å². The van der Waals surface area contributed by atoms with E-state index >= 15 is 0 Å². The smallest absolute Gasteiger partial charge is 0.338 e. The molecule has 0 bridgehead atoms. The predicted molar refractivity (Wildman–Crippen MR) is 116 cm³/mol. The monoisotopic (exact) mass is 456 g/mol. The van der Waals surface area contributed by atoms with Gasteiger partial charge >= 0.3 is 5.97 Å². The SMILES string of the molecule is COc1cc(-n2c(C3CCOCC3)c(C[C@H](F)C(=O)O)c3nc4[nH]ncc4cc32)ccc1F. The first kappa shape index (κ1) is 21.3. The van der Waals surface area contributed by atoms with Crippen molar-refractivity contribution in [3.05, 3.63) is 47.5 Å². The van der Waals surface area contributed by atoms with Crippen LogP contribution in [0, 0.1) is 5.82 Å². The molecule has 3 aromatic heterocycles. The van der Waals surface area contributed by atoms with Crippen LogP contribution in [0.3, 0.4) is 0 Å². The molecule has 4 heterocycles. The number of aromatic amines is 1. The summed E-state index contributed by atoms with van der Waals surface area (Å²) in [5.41, 5.74) is 3.56. The van der Waals surface area contributed by atoms with Gasteiger partial charge in [0.25, 0.3) is 0 Å². The van der Waals surface area contributed by atoms with E-state index in [1.54, 1.807) is 18.3 Å². The van der Waals surface area contributed by atoms with Gasteiger partial charge in [0.2, 0.25) is 6.17 Å². The van der Waals surface area contributed by atoms with Crippen molar-refractivity contribution in [2.45, 2.75) is 31.4 Å². The Labute approximate surface area is 187 Å². The molecule has 0 unspecified atom stereocenters. The number of hydrogen-bond donors (Lipinski definition) is 2. The molecule has 10 heteroatoms. The summed E-state index contributed by atoms with van der Waals surface area (Å²) >= 11 is 0. The zero-order valence-corrected chi connectivity index (χ0v) is 17.8. The first-order valence-corrected chi connectivity index (χ1v) is 10.6. The maximum atomic E-state index is 14.6. The van der Waals surface area contributed by atoms with Crippen LogP contribution in [0.4, 0.5) is 8.78 Å². The highest BCUT2D eigenvalue weighted by Crippen LogP contribution is 2.40. The summed E-state index contributed by atoms with van der Waals surface area (Å²) in [7, 11) is 1.39. The maximum absolute atomic E-state index is 14.6. The molecule has 2 N–H and O–H groups in total. The first-order chi connectivity index (χ1) is 16.0. The van der Waals surface area contributed by atoms with Crippen molar-refractivity contribution in [2.75, 3.05) is 20.3 Å². The van der Waals surface area contributed by atoms with Crippen LogP contribution in [0.25, 0.3) is 27.8 Å². The quantitative estimate of drug-likeness (QED) is 0.456. The van der Waals surface area contributed by atoms with E-state index in [4.69, 9.17) is 9.47 Å². The number of benzene rings is 1. The standard InChI is InChI=1S/C23H22F2N4O4/c1-32-19-9-14(2-3-16(19)24)29-18-8-13-11-26-28-22(13)27-20(18)15(10-17(25)23(30)31)21(29)12-4-6-33-7-5-12/h2-3,8-9,11-12,17H,4-7,10H2,1H3,(H,30,31)(H,26,27,28)/t17-/m0/s1. The molecule has 0 amide bonds. The van der Waals surface area contributed by atoms with E-state index in [1.807, 2.05) is 10.6 Å². The van der Waals surface area contributed by atoms with E-state index in [9.17, 15) is 18.7 Å². The Kier molecular flexibility index (Phi) is 5.45. The molecule has 0 saturated carbocycles. The second-order valence-corrected chi connectivity index (χ2v) is 8.08. The average Bonchev–Trinajstić information content (AvgIpc) is 3.40. The molecule has 33 heavy (non-hydrogen) atoms. The molecular formula is C23H22F2N4O4. The third kappa shape index (κ3) is 3.70. The lowest BCUT2D eigenvalue weighted by molar-refractivity contribution is -0.142. The van der Waals surface area contributed by atoms with Crippen molar-refractivity contribution in [3.63, 3.8) is 0 Å². The van der Waals surface area contributed by atoms with Gasteiger partial charge in [0.05, 0.1) is 24.3 Å². The second kappa shape index (κ2) is 8.43. The number of carbonyl (C=O) groups is 1. The number of halogens is 2. The van der Waals surface area contributed by atoms with Crippen LogP contribution < -0.4 is 4.74 Å². The number of fused-ring (bicyclic) bond motifs is 2. The molecular weight excluding hydrogens is 434 g/mol. The molecule has 1 aliphatic heterocycles. The summed E-state index contributed by atoms with van der Waals surface area (Å²) in [5.74, 6) is -1.98. The summed E-state index contributed by atoms with van der Waals surface area (Å²) < 4.78 is 41.4. The molecule has 1 saturated heterocycles. The number of hydrogen-bond acceptors (Lipinski definition) is 5. The molecule has 0 radical (unpaired) electrons. The number of methoxy groups -OCH3 is 1. The third-order valence-electron chi connectivity index (χ3n) is 6.14. The van der Waals surface area contributed by atoms with Gasteiger partial charge in [-0.05, 0) is 31.0 Å². The van der Waals surface area contributed by atoms with E-state index in [0.29, 0.717) is 54.0 Å². The van der Waals surface area contributed by atoms with Gasteiger partial charge in [0.1, 0.15) is 0 Å². The third-order valence-corrected chi connectivity index (χ3v) is 6.14. The lowest BCUT2D eigenvalue weighted by atomic mass is 9.91. The highest BCUT2D eigenvalue weighted by atomic mass is 19.1. The van der Waals surface area contributed by atoms with Gasteiger partial charge in [0.15, 0.2) is 17.2 Å². The normalized spacial score (nSPS) is 15.8. The van der Waals surface area contributed by atoms with Crippen LogP contribution in [-0.4, -0.2) is 57.3 Å². The molecule has 0 aliphatic carbocycles. The van der Waals surface area contributed by atoms with Crippen LogP contribution in [0.2, 0.25) is 0 Å². The molecule has 0 spiro atoms. The molecule has 172 valence electrons. The lowest BCUT2D eigenvalue weighted by Gasteiger charge is -2.26. The minimum atomic E-state index is -2.09. The Morgan fingerprint density at radius 3 is 2.88 bits per heavy atom. The number of ether oxygens (including phenoxy) is 2. The number of carboxylic acids is 1. The van der Waals surface area contributed by atoms with Gasteiger partial charge in [0, 0.05) is 53.9 Å². The van der Waals surface area contributed by atoms with Crippen molar-refractivity contribution in [3.8, 4) is 11.4 Å². The summed E-state index contributed by atoms with van der Waals surface area (Å²) in [5, 5.41) is 16.9. The number of alkyl halides is 1. The Hall–Kier alpha value is -3.53. The second-order valence-electron chi connectivity index (χ2n) is 8.08. The van der Waals surface area contributed by atoms with E-state index in [2.05, 4.69) is 15.2 Å². The fourth-order valence-electron chi connectivity index (χ4n) is 4.58. The first-order valence-electron chi connectivity index (χ1n) is 10.6. The van der Waals surface area contributed by atoms with Gasteiger partial charge in [-0.2, -0.15) is 5.10 Å². The van der Waals surface area contributed by atoms with Crippen molar-refractivity contribution < 1.29 is 28.2 Å². The molecule has 1 aliphatic rings. The van der Waals surface area contributed by atoms with Crippen LogP contribution >= 0.6 is 0 Å². The Balaban J connectivity index is 1.85. The van der Waals surface area contributed by atoms with E-state index in [0.717, 1.165) is 11.1 Å². The van der Waals surface area contributed by atoms with Gasteiger partial charge in [-0.1, -0.05) is 0 Å². The number of pyridine rings is 1. The largest absolute Gasteiger partial charge is 0.494 e. The number of nitrogens with zero attached hydrogens (tertiary/aromatic N) is 3. The molecule has 8 nitrogen and oxygen atoms in total. The number of H-pyrrole nitrogens is 1. The van der Waals surface area contributed by atoms with Crippen LogP contribution in [0.5, 0.6) is 5.75 Å². The summed E-state index contributed by atoms with van der Waals surface area (Å²) in [6.45, 7) is 1.07. The van der Waals surface area contributed by atoms with E-state index in [1.165, 1.54) is 13.2 Å². The van der Waals surface area contributed by atoms with Crippen molar-refractivity contribution in [2.24, 2.45) is 0 Å². The zero-order chi connectivity index (χ0) is 23.1. The molecule has 4 aromatic rings. The van der Waals surface area contributed by atoms with Crippen molar-refractivity contribution in [1.82, 2.24) is 19.7 Å². The van der Waals surface area contributed by atoms with Crippen molar-refractivity contribution in [1.29, 1.82) is 0 Å². The minimum Gasteiger partial charge on any atom is -0.494 e. The molecule has 1 atom stereocenters. The fraction of sp³-hybridized carbons (Fsp3) is 0.348. The highest BCUT2D eigenvalue weighted by Gasteiger charge is 2.31. The average molecular weight is 456 g/mol. The van der Waals surface area contributed by atoms with Gasteiger partial charge in [-0.3, -0.25) is 5.10 Å². The summed E-state index contributed by atoms with van der Waals surface area (Å²) in [6, 6.07) is 6.38. The minimum absolute atomic E-state index is 0.0172. The van der Waals surface area contributed by atoms with Crippen molar-refractivity contribution >= 4 is 28.0 Å². The number of aromatic nitrogens is 4. The lowest BCUT2D eigenvalue weighted by Crippen LogP contribution is -2.21. The fourth-order valence-corrected chi connectivity index (χ4v) is 4.58. The number of carboxylic acid groups (broad SMARTS) is 1. The molecule has 1 aromatic carbocycles. The maximum Gasteiger partial charge on any atom is 0.338 e. The van der Waals surface area contributed by atoms with E-state index in [-0.39, 0.29) is 18.1 Å². The zero-order valence-electron chi connectivity index (χ0n) is 17.8. The Morgan fingerprint density at radius 1 is 1.36 bits per heavy atom. The Morgan fingerprint density at radius 2 is 2.15 bits per heavy atom. The number of aliphatic carboxylic acids is 1. The number of rotatable bonds is 6. The van der Waals surface area contributed by atoms with Crippen LogP contribution in [0.1, 0.15) is 30.0 Å². The predicted octanol–water partition coefficient (Wildman–Crippen LogP) is 3.91. The topological polar surface area (TPSA) is 102 Å².